The van der Waals surface area contributed by atoms with Crippen LogP contribution in [0.5, 0.6) is 5.75 Å². The van der Waals surface area contributed by atoms with Crippen molar-refractivity contribution in [1.29, 1.82) is 0 Å². The Morgan fingerprint density at radius 2 is 1.84 bits per heavy atom. The number of alkyl halides is 2. The number of ether oxygens (including phenoxy) is 1. The molecule has 1 N–H and O–H groups in total. The van der Waals surface area contributed by atoms with E-state index in [0.717, 1.165) is 0 Å². The number of halogens is 2. The van der Waals surface area contributed by atoms with E-state index in [2.05, 4.69) is 0 Å². The van der Waals surface area contributed by atoms with Crippen molar-refractivity contribution in [2.24, 2.45) is 0 Å². The fourth-order valence-corrected chi connectivity index (χ4v) is 1.98. The van der Waals surface area contributed by atoms with Crippen LogP contribution >= 0.6 is 0 Å². The van der Waals surface area contributed by atoms with E-state index in [1.165, 1.54) is 13.2 Å². The van der Waals surface area contributed by atoms with Gasteiger partial charge < -0.3 is 9.84 Å². The van der Waals surface area contributed by atoms with Crippen molar-refractivity contribution in [2.75, 3.05) is 7.11 Å². The highest BCUT2D eigenvalue weighted by molar-refractivity contribution is 5.91. The summed E-state index contributed by atoms with van der Waals surface area (Å²) in [4.78, 5) is 10.5. The van der Waals surface area contributed by atoms with E-state index in [9.17, 15) is 13.6 Å². The number of carboxylic acid groups (broad SMARTS) is 1. The third-order valence-corrected chi connectivity index (χ3v) is 2.92. The summed E-state index contributed by atoms with van der Waals surface area (Å²) in [6, 6.07) is 9.93. The van der Waals surface area contributed by atoms with E-state index >= 15 is 0 Å². The van der Waals surface area contributed by atoms with Crippen molar-refractivity contribution in [3.05, 3.63) is 42.0 Å². The van der Waals surface area contributed by atoms with Gasteiger partial charge in [-0.05, 0) is 17.0 Å². The van der Waals surface area contributed by atoms with Crippen LogP contribution < -0.4 is 4.74 Å². The second-order valence-corrected chi connectivity index (χ2v) is 4.16. The molecule has 0 aromatic heterocycles. The van der Waals surface area contributed by atoms with E-state index in [1.54, 1.807) is 30.3 Å². The molecule has 2 rings (SSSR count). The van der Waals surface area contributed by atoms with E-state index in [0.29, 0.717) is 16.5 Å². The Morgan fingerprint density at radius 3 is 2.42 bits per heavy atom. The second kappa shape index (κ2) is 4.84. The number of methoxy groups -OCH3 is 1. The Morgan fingerprint density at radius 1 is 1.21 bits per heavy atom. The maximum atomic E-state index is 13.3. The molecule has 100 valence electrons. The summed E-state index contributed by atoms with van der Waals surface area (Å²) in [7, 11) is 1.49. The molecule has 3 nitrogen and oxygen atoms in total. The molecule has 2 aromatic rings. The lowest BCUT2D eigenvalue weighted by Gasteiger charge is -2.14. The van der Waals surface area contributed by atoms with Crippen LogP contribution in [0.4, 0.5) is 8.78 Å². The van der Waals surface area contributed by atoms with E-state index < -0.39 is 18.3 Å². The molecule has 19 heavy (non-hydrogen) atoms. The van der Waals surface area contributed by atoms with Gasteiger partial charge in [-0.25, -0.2) is 4.79 Å². The van der Waals surface area contributed by atoms with Crippen molar-refractivity contribution in [2.45, 2.75) is 12.3 Å². The van der Waals surface area contributed by atoms with Crippen LogP contribution in [0.3, 0.4) is 0 Å². The molecular formula is C14H12F2O3. The first-order valence-electron chi connectivity index (χ1n) is 5.61. The van der Waals surface area contributed by atoms with Crippen LogP contribution in [-0.2, 0) is 11.2 Å². The number of benzene rings is 2. The molecule has 0 unspecified atom stereocenters. The summed E-state index contributed by atoms with van der Waals surface area (Å²) >= 11 is 0. The summed E-state index contributed by atoms with van der Waals surface area (Å²) in [5, 5.41) is 9.76. The minimum atomic E-state index is -3.78. The fourth-order valence-electron chi connectivity index (χ4n) is 1.98. The van der Waals surface area contributed by atoms with E-state index in [1.807, 2.05) is 0 Å². The summed E-state index contributed by atoms with van der Waals surface area (Å²) in [5.74, 6) is -5.33. The molecule has 0 saturated carbocycles. The first kappa shape index (κ1) is 13.3. The SMILES string of the molecule is COc1ccc(CC(F)(F)C(=O)O)c2ccccc12. The minimum absolute atomic E-state index is 0.281. The molecule has 0 aliphatic rings. The molecule has 0 aliphatic heterocycles. The standard InChI is InChI=1S/C14H12F2O3/c1-19-12-7-6-9(8-14(15,16)13(17)18)10-4-2-3-5-11(10)12/h2-7H,8H2,1H3,(H,17,18). The van der Waals surface area contributed by atoms with Crippen molar-refractivity contribution in [3.8, 4) is 5.75 Å². The van der Waals surface area contributed by atoms with Crippen LogP contribution in [0, 0.1) is 0 Å². The zero-order valence-corrected chi connectivity index (χ0v) is 10.2. The Kier molecular flexibility index (Phi) is 3.38. The first-order valence-corrected chi connectivity index (χ1v) is 5.61. The molecule has 0 bridgehead atoms. The minimum Gasteiger partial charge on any atom is -0.496 e. The van der Waals surface area contributed by atoms with Crippen molar-refractivity contribution >= 4 is 16.7 Å². The van der Waals surface area contributed by atoms with Gasteiger partial charge in [-0.3, -0.25) is 0 Å². The topological polar surface area (TPSA) is 46.5 Å². The number of hydrogen-bond acceptors (Lipinski definition) is 2. The van der Waals surface area contributed by atoms with Gasteiger partial charge in [-0.15, -0.1) is 0 Å². The Labute approximate surface area is 108 Å². The predicted molar refractivity (Wildman–Crippen MR) is 66.8 cm³/mol. The summed E-state index contributed by atoms with van der Waals surface area (Å²) < 4.78 is 31.8. The Hall–Kier alpha value is -2.17. The molecule has 0 heterocycles. The highest BCUT2D eigenvalue weighted by Gasteiger charge is 2.39. The van der Waals surface area contributed by atoms with Gasteiger partial charge in [-0.2, -0.15) is 8.78 Å². The van der Waals surface area contributed by atoms with Crippen LogP contribution in [0.1, 0.15) is 5.56 Å². The van der Waals surface area contributed by atoms with Gasteiger partial charge in [0.2, 0.25) is 0 Å². The number of fused-ring (bicyclic) bond motifs is 1. The third kappa shape index (κ3) is 2.50. The predicted octanol–water partition coefficient (Wildman–Crippen LogP) is 3.11. The third-order valence-electron chi connectivity index (χ3n) is 2.92. The van der Waals surface area contributed by atoms with Crippen molar-refractivity contribution < 1.29 is 23.4 Å². The van der Waals surface area contributed by atoms with Crippen LogP contribution in [0.25, 0.3) is 10.8 Å². The highest BCUT2D eigenvalue weighted by atomic mass is 19.3. The monoisotopic (exact) mass is 266 g/mol. The zero-order valence-electron chi connectivity index (χ0n) is 10.2. The average Bonchev–Trinajstić information content (AvgIpc) is 2.38. The second-order valence-electron chi connectivity index (χ2n) is 4.16. The molecule has 0 radical (unpaired) electrons. The number of hydrogen-bond donors (Lipinski definition) is 1. The molecule has 0 aliphatic carbocycles. The molecular weight excluding hydrogens is 254 g/mol. The number of carbonyl (C=O) groups is 1. The molecule has 0 fully saturated rings. The van der Waals surface area contributed by atoms with Gasteiger partial charge >= 0.3 is 11.9 Å². The first-order chi connectivity index (χ1) is 8.95. The molecule has 0 spiro atoms. The lowest BCUT2D eigenvalue weighted by Crippen LogP contribution is -2.30. The lowest BCUT2D eigenvalue weighted by atomic mass is 9.99. The summed E-state index contributed by atoms with van der Waals surface area (Å²) in [5.41, 5.74) is 0.281. The largest absolute Gasteiger partial charge is 0.496 e. The van der Waals surface area contributed by atoms with Crippen molar-refractivity contribution in [1.82, 2.24) is 0 Å². The highest BCUT2D eigenvalue weighted by Crippen LogP contribution is 2.31. The van der Waals surface area contributed by atoms with Gasteiger partial charge in [0.1, 0.15) is 5.75 Å². The van der Waals surface area contributed by atoms with Gasteiger partial charge in [0.15, 0.2) is 0 Å². The molecule has 0 atom stereocenters. The fraction of sp³-hybridized carbons (Fsp3) is 0.214. The molecule has 5 heteroatoms. The average molecular weight is 266 g/mol. The van der Waals surface area contributed by atoms with Gasteiger partial charge in [-0.1, -0.05) is 30.3 Å². The maximum absolute atomic E-state index is 13.3. The summed E-state index contributed by atoms with van der Waals surface area (Å²) in [6.07, 6.45) is -0.840. The number of aliphatic carboxylic acids is 1. The van der Waals surface area contributed by atoms with Gasteiger partial charge in [0, 0.05) is 11.8 Å². The van der Waals surface area contributed by atoms with E-state index in [4.69, 9.17) is 9.84 Å². The van der Waals surface area contributed by atoms with E-state index in [-0.39, 0.29) is 5.56 Å². The van der Waals surface area contributed by atoms with Crippen molar-refractivity contribution in [3.63, 3.8) is 0 Å². The Bertz CT molecular complexity index is 623. The number of rotatable bonds is 4. The lowest BCUT2D eigenvalue weighted by molar-refractivity contribution is -0.164. The maximum Gasteiger partial charge on any atom is 0.374 e. The van der Waals surface area contributed by atoms with Crippen LogP contribution in [0.2, 0.25) is 0 Å². The smallest absolute Gasteiger partial charge is 0.374 e. The normalized spacial score (nSPS) is 11.5. The van der Waals surface area contributed by atoms with Crippen LogP contribution in [0.15, 0.2) is 36.4 Å². The van der Waals surface area contributed by atoms with Gasteiger partial charge in [0.25, 0.3) is 0 Å². The quantitative estimate of drug-likeness (QED) is 0.924. The number of carboxylic acids is 1. The summed E-state index contributed by atoms with van der Waals surface area (Å²) in [6.45, 7) is 0. The van der Waals surface area contributed by atoms with Gasteiger partial charge in [0.05, 0.1) is 7.11 Å². The Balaban J connectivity index is 2.54. The molecule has 0 saturated heterocycles. The zero-order chi connectivity index (χ0) is 14.0. The molecule has 2 aromatic carbocycles. The van der Waals surface area contributed by atoms with Crippen LogP contribution in [-0.4, -0.2) is 24.1 Å². The molecule has 0 amide bonds.